The molecule has 0 aliphatic heterocycles. The van der Waals surface area contributed by atoms with Crippen molar-refractivity contribution in [3.63, 3.8) is 0 Å². The summed E-state index contributed by atoms with van der Waals surface area (Å²) in [6.07, 6.45) is 6.93. The van der Waals surface area contributed by atoms with Crippen molar-refractivity contribution < 1.29 is 19.1 Å². The van der Waals surface area contributed by atoms with Crippen LogP contribution in [0.5, 0.6) is 0 Å². The third-order valence-electron chi connectivity index (χ3n) is 7.54. The SMILES string of the molecule is CCCN(CCC)CCCc1ccc2c(c1)Cc1cc3cc(C(=O)N(CC(=O)OC)C(C)C)ccn3c1C2=O. The van der Waals surface area contributed by atoms with Crippen LogP contribution in [0.4, 0.5) is 0 Å². The molecule has 208 valence electrons. The summed E-state index contributed by atoms with van der Waals surface area (Å²) in [6, 6.07) is 11.6. The highest BCUT2D eigenvalue weighted by atomic mass is 16.5. The van der Waals surface area contributed by atoms with E-state index >= 15 is 0 Å². The van der Waals surface area contributed by atoms with E-state index in [4.69, 9.17) is 4.74 Å². The first-order valence-corrected chi connectivity index (χ1v) is 14.2. The zero-order valence-corrected chi connectivity index (χ0v) is 24.0. The molecule has 0 bridgehead atoms. The Labute approximate surface area is 231 Å². The van der Waals surface area contributed by atoms with Gasteiger partial charge in [-0.05, 0) is 94.1 Å². The number of fused-ring (bicyclic) bond motifs is 4. The summed E-state index contributed by atoms with van der Waals surface area (Å²) < 4.78 is 6.64. The van der Waals surface area contributed by atoms with Crippen LogP contribution >= 0.6 is 0 Å². The molecule has 1 aliphatic carbocycles. The maximum absolute atomic E-state index is 13.6. The molecule has 4 rings (SSSR count). The average molecular weight is 532 g/mol. The molecule has 0 unspecified atom stereocenters. The second-order valence-electron chi connectivity index (χ2n) is 10.8. The van der Waals surface area contributed by atoms with E-state index in [1.54, 1.807) is 18.3 Å². The van der Waals surface area contributed by atoms with Gasteiger partial charge in [-0.25, -0.2) is 0 Å². The van der Waals surface area contributed by atoms with Gasteiger partial charge >= 0.3 is 5.97 Å². The van der Waals surface area contributed by atoms with E-state index < -0.39 is 5.97 Å². The number of ether oxygens (including phenoxy) is 1. The van der Waals surface area contributed by atoms with Gasteiger partial charge in [0.1, 0.15) is 6.54 Å². The molecule has 0 spiro atoms. The predicted octanol–water partition coefficient (Wildman–Crippen LogP) is 5.15. The zero-order chi connectivity index (χ0) is 28.1. The van der Waals surface area contributed by atoms with Crippen LogP contribution in [0.3, 0.4) is 0 Å². The molecule has 3 aromatic rings. The monoisotopic (exact) mass is 531 g/mol. The maximum Gasteiger partial charge on any atom is 0.325 e. The standard InChI is InChI=1S/C32H41N3O4/c1-6-13-33(14-7-2)15-8-9-23-10-11-28-25(17-23)18-26-20-27-19-24(12-16-34(27)30(26)31(28)37)32(38)35(22(3)4)21-29(36)39-5/h10-12,16-17,19-20,22H,6-9,13-15,18,21H2,1-5H3. The van der Waals surface area contributed by atoms with Gasteiger partial charge in [0, 0.05) is 35.3 Å². The zero-order valence-electron chi connectivity index (χ0n) is 24.0. The predicted molar refractivity (Wildman–Crippen MR) is 154 cm³/mol. The van der Waals surface area contributed by atoms with Crippen LogP contribution in [0, 0.1) is 0 Å². The number of rotatable bonds is 12. The normalized spacial score (nSPS) is 12.6. The number of amides is 1. The number of aromatic nitrogens is 1. The Morgan fingerprint density at radius 2 is 1.74 bits per heavy atom. The summed E-state index contributed by atoms with van der Waals surface area (Å²) in [7, 11) is 1.31. The largest absolute Gasteiger partial charge is 0.468 e. The molecule has 7 heteroatoms. The van der Waals surface area contributed by atoms with Gasteiger partial charge in [0.2, 0.25) is 5.78 Å². The number of aryl methyl sites for hydroxylation is 1. The van der Waals surface area contributed by atoms with Gasteiger partial charge < -0.3 is 18.9 Å². The molecule has 2 aromatic heterocycles. The van der Waals surface area contributed by atoms with Gasteiger partial charge in [0.25, 0.3) is 5.91 Å². The molecule has 1 amide bonds. The van der Waals surface area contributed by atoms with E-state index in [1.807, 2.05) is 30.4 Å². The van der Waals surface area contributed by atoms with Crippen molar-refractivity contribution in [1.82, 2.24) is 14.2 Å². The van der Waals surface area contributed by atoms with Crippen LogP contribution in [0.15, 0.2) is 42.6 Å². The first-order valence-electron chi connectivity index (χ1n) is 14.2. The van der Waals surface area contributed by atoms with Crippen LogP contribution < -0.4 is 0 Å². The van der Waals surface area contributed by atoms with E-state index in [2.05, 4.69) is 30.9 Å². The lowest BCUT2D eigenvalue weighted by Gasteiger charge is -2.25. The molecule has 0 radical (unpaired) electrons. The number of benzene rings is 1. The van der Waals surface area contributed by atoms with Crippen molar-refractivity contribution in [2.75, 3.05) is 33.3 Å². The maximum atomic E-state index is 13.6. The molecular weight excluding hydrogens is 490 g/mol. The Morgan fingerprint density at radius 3 is 2.41 bits per heavy atom. The highest BCUT2D eigenvalue weighted by Gasteiger charge is 2.28. The van der Waals surface area contributed by atoms with E-state index in [0.717, 1.165) is 54.7 Å². The Hall–Kier alpha value is -3.45. The van der Waals surface area contributed by atoms with Crippen molar-refractivity contribution in [3.05, 3.63) is 76.1 Å². The van der Waals surface area contributed by atoms with E-state index in [-0.39, 0.29) is 24.3 Å². The number of esters is 1. The van der Waals surface area contributed by atoms with Crippen LogP contribution in [-0.4, -0.2) is 71.2 Å². The Morgan fingerprint density at radius 1 is 1.00 bits per heavy atom. The molecule has 0 saturated carbocycles. The summed E-state index contributed by atoms with van der Waals surface area (Å²) in [4.78, 5) is 42.7. The summed E-state index contributed by atoms with van der Waals surface area (Å²) in [5, 5.41) is 0. The molecule has 1 aromatic carbocycles. The number of pyridine rings is 1. The van der Waals surface area contributed by atoms with Crippen molar-refractivity contribution in [2.24, 2.45) is 0 Å². The topological polar surface area (TPSA) is 71.3 Å². The second-order valence-corrected chi connectivity index (χ2v) is 10.8. The van der Waals surface area contributed by atoms with E-state index in [9.17, 15) is 14.4 Å². The smallest absolute Gasteiger partial charge is 0.325 e. The number of hydrogen-bond acceptors (Lipinski definition) is 5. The number of carbonyl (C=O) groups is 3. The molecule has 39 heavy (non-hydrogen) atoms. The number of hydrogen-bond donors (Lipinski definition) is 0. The first-order chi connectivity index (χ1) is 18.8. The van der Waals surface area contributed by atoms with E-state index in [1.165, 1.54) is 30.4 Å². The van der Waals surface area contributed by atoms with Gasteiger partial charge in [0.05, 0.1) is 12.8 Å². The highest BCUT2D eigenvalue weighted by Crippen LogP contribution is 2.31. The summed E-state index contributed by atoms with van der Waals surface area (Å²) >= 11 is 0. The lowest BCUT2D eigenvalue weighted by atomic mass is 9.87. The first kappa shape index (κ1) is 28.6. The minimum Gasteiger partial charge on any atom is -0.468 e. The van der Waals surface area contributed by atoms with Crippen LogP contribution in [0.2, 0.25) is 0 Å². The van der Waals surface area contributed by atoms with Gasteiger partial charge in [-0.3, -0.25) is 14.4 Å². The van der Waals surface area contributed by atoms with Crippen molar-refractivity contribution in [1.29, 1.82) is 0 Å². The highest BCUT2D eigenvalue weighted by molar-refractivity contribution is 6.12. The van der Waals surface area contributed by atoms with Crippen LogP contribution in [0.1, 0.15) is 90.1 Å². The Balaban J connectivity index is 1.54. The number of methoxy groups -OCH3 is 1. The fraction of sp³-hybridized carbons (Fsp3) is 0.469. The molecule has 0 saturated heterocycles. The lowest BCUT2D eigenvalue weighted by molar-refractivity contribution is -0.141. The molecule has 0 atom stereocenters. The summed E-state index contributed by atoms with van der Waals surface area (Å²) in [5.41, 5.74) is 6.00. The number of carbonyl (C=O) groups excluding carboxylic acids is 3. The summed E-state index contributed by atoms with van der Waals surface area (Å²) in [6.45, 7) is 11.5. The van der Waals surface area contributed by atoms with Crippen molar-refractivity contribution in [3.8, 4) is 0 Å². The summed E-state index contributed by atoms with van der Waals surface area (Å²) in [5.74, 6) is -0.686. The Bertz CT molecular complexity index is 1350. The minimum absolute atomic E-state index is 0.0171. The lowest BCUT2D eigenvalue weighted by Crippen LogP contribution is -2.41. The second kappa shape index (κ2) is 12.6. The van der Waals surface area contributed by atoms with Gasteiger partial charge in [0.15, 0.2) is 0 Å². The molecular formula is C32H41N3O4. The van der Waals surface area contributed by atoms with Gasteiger partial charge in [-0.15, -0.1) is 0 Å². The number of ketones is 1. The van der Waals surface area contributed by atoms with Crippen molar-refractivity contribution in [2.45, 2.75) is 65.8 Å². The third kappa shape index (κ3) is 6.25. The molecule has 7 nitrogen and oxygen atoms in total. The average Bonchev–Trinajstić information content (AvgIpc) is 3.28. The number of nitrogens with zero attached hydrogens (tertiary/aromatic N) is 3. The molecule has 0 N–H and O–H groups in total. The van der Waals surface area contributed by atoms with E-state index in [0.29, 0.717) is 17.7 Å². The quantitative estimate of drug-likeness (QED) is 0.236. The fourth-order valence-electron chi connectivity index (χ4n) is 5.59. The van der Waals surface area contributed by atoms with Gasteiger partial charge in [-0.2, -0.15) is 0 Å². The molecule has 0 fully saturated rings. The fourth-order valence-corrected chi connectivity index (χ4v) is 5.59. The van der Waals surface area contributed by atoms with Crippen LogP contribution in [-0.2, 0) is 22.4 Å². The van der Waals surface area contributed by atoms with Crippen LogP contribution in [0.25, 0.3) is 5.52 Å². The van der Waals surface area contributed by atoms with Crippen molar-refractivity contribution >= 4 is 23.2 Å². The Kier molecular flexibility index (Phi) is 9.23. The minimum atomic E-state index is -0.460. The molecule has 1 aliphatic rings. The third-order valence-corrected chi connectivity index (χ3v) is 7.54. The molecule has 2 heterocycles. The van der Waals surface area contributed by atoms with Gasteiger partial charge in [-0.1, -0.05) is 32.0 Å².